The van der Waals surface area contributed by atoms with E-state index in [1.54, 1.807) is 16.6 Å². The summed E-state index contributed by atoms with van der Waals surface area (Å²) in [5.41, 5.74) is 4.15. The summed E-state index contributed by atoms with van der Waals surface area (Å²) < 4.78 is 14.4. The van der Waals surface area contributed by atoms with Crippen LogP contribution in [-0.4, -0.2) is 45.1 Å². The van der Waals surface area contributed by atoms with E-state index in [1.807, 2.05) is 48.9 Å². The molecule has 2 aromatic heterocycles. The number of oxime groups is 1. The smallest absolute Gasteiger partial charge is 0.360 e. The third-order valence-corrected chi connectivity index (χ3v) is 5.57. The zero-order valence-corrected chi connectivity index (χ0v) is 19.3. The van der Waals surface area contributed by atoms with E-state index < -0.39 is 5.97 Å². The van der Waals surface area contributed by atoms with Crippen LogP contribution < -0.4 is 4.74 Å². The Labute approximate surface area is 195 Å². The molecule has 0 aliphatic heterocycles. The number of fused-ring (bicyclic) bond motifs is 1. The van der Waals surface area contributed by atoms with Crippen molar-refractivity contribution in [3.05, 3.63) is 70.6 Å². The second-order valence-corrected chi connectivity index (χ2v) is 7.56. The number of nitrogens with zero attached hydrogens (tertiary/aromatic N) is 5. The van der Waals surface area contributed by atoms with Gasteiger partial charge in [0, 0.05) is 18.2 Å². The number of carbonyl (C=O) groups excluding carboxylic acids is 1. The van der Waals surface area contributed by atoms with Crippen molar-refractivity contribution < 1.29 is 19.1 Å². The van der Waals surface area contributed by atoms with E-state index in [-0.39, 0.29) is 12.3 Å². The molecule has 0 N–H and O–H groups in total. The monoisotopic (exact) mass is 467 g/mol. The van der Waals surface area contributed by atoms with Crippen molar-refractivity contribution in [2.75, 3.05) is 14.2 Å². The maximum absolute atomic E-state index is 12.1. The van der Waals surface area contributed by atoms with E-state index in [0.717, 1.165) is 22.4 Å². The Morgan fingerprint density at radius 1 is 1.18 bits per heavy atom. The summed E-state index contributed by atoms with van der Waals surface area (Å²) in [5, 5.41) is 8.49. The van der Waals surface area contributed by atoms with Crippen molar-refractivity contribution >= 4 is 29.1 Å². The normalized spacial score (nSPS) is 11.6. The molecule has 170 valence electrons. The quantitative estimate of drug-likeness (QED) is 0.233. The van der Waals surface area contributed by atoms with Crippen LogP contribution in [0, 0.1) is 6.92 Å². The molecule has 10 heteroatoms. The Balaban J connectivity index is 1.60. The highest BCUT2D eigenvalue weighted by atomic mass is 35.5. The fourth-order valence-electron chi connectivity index (χ4n) is 3.65. The van der Waals surface area contributed by atoms with Gasteiger partial charge in [-0.05, 0) is 36.2 Å². The van der Waals surface area contributed by atoms with Crippen molar-refractivity contribution in [2.45, 2.75) is 13.5 Å². The van der Waals surface area contributed by atoms with Crippen LogP contribution in [0.1, 0.15) is 16.7 Å². The van der Waals surface area contributed by atoms with Gasteiger partial charge in [-0.1, -0.05) is 41.0 Å². The number of aryl methyl sites for hydroxylation is 2. The Bertz CT molecular complexity index is 1320. The third kappa shape index (κ3) is 4.14. The van der Waals surface area contributed by atoms with Crippen LogP contribution in [0.5, 0.6) is 5.75 Å². The predicted octanol–water partition coefficient (Wildman–Crippen LogP) is 3.80. The predicted molar refractivity (Wildman–Crippen MR) is 123 cm³/mol. The van der Waals surface area contributed by atoms with Gasteiger partial charge in [0.15, 0.2) is 10.9 Å². The number of carbonyl (C=O) groups is 1. The highest BCUT2D eigenvalue weighted by Gasteiger charge is 2.20. The molecule has 9 nitrogen and oxygen atoms in total. The minimum absolute atomic E-state index is 0.0719. The van der Waals surface area contributed by atoms with Crippen LogP contribution in [0.25, 0.3) is 17.0 Å². The number of aromatic nitrogens is 4. The Kier molecular flexibility index (Phi) is 6.32. The summed E-state index contributed by atoms with van der Waals surface area (Å²) in [7, 11) is 4.56. The first-order valence-corrected chi connectivity index (χ1v) is 10.4. The highest BCUT2D eigenvalue weighted by Crippen LogP contribution is 2.34. The summed E-state index contributed by atoms with van der Waals surface area (Å²) in [5.74, 6) is 0.734. The maximum Gasteiger partial charge on any atom is 0.360 e. The molecule has 0 aliphatic rings. The van der Waals surface area contributed by atoms with Crippen molar-refractivity contribution in [2.24, 2.45) is 12.2 Å². The molecule has 0 saturated heterocycles. The van der Waals surface area contributed by atoms with Gasteiger partial charge >= 0.3 is 5.97 Å². The standard InChI is InChI=1S/C23H22ClN5O4/c1-14-11-16(9-10-17(14)20-21(24)29-23(28(20)2)25-13-26-29)33-12-15-7-5-6-8-18(15)19(27-32-4)22(30)31-3/h5-11,13H,12H2,1-4H3/b27-19-. The zero-order valence-electron chi connectivity index (χ0n) is 18.6. The molecule has 0 fully saturated rings. The largest absolute Gasteiger partial charge is 0.489 e. The summed E-state index contributed by atoms with van der Waals surface area (Å²) in [6, 6.07) is 13.0. The number of ether oxygens (including phenoxy) is 2. The lowest BCUT2D eigenvalue weighted by atomic mass is 10.0. The SMILES string of the molecule is CO/N=C(\C(=O)OC)c1ccccc1COc1ccc(-c2c(Cl)n3ncnc3n2C)c(C)c1. The van der Waals surface area contributed by atoms with Crippen molar-refractivity contribution in [3.8, 4) is 17.0 Å². The van der Waals surface area contributed by atoms with Crippen LogP contribution in [0.4, 0.5) is 0 Å². The van der Waals surface area contributed by atoms with Crippen LogP contribution in [0.3, 0.4) is 0 Å². The van der Waals surface area contributed by atoms with Crippen LogP contribution >= 0.6 is 11.6 Å². The summed E-state index contributed by atoms with van der Waals surface area (Å²) in [6.45, 7) is 2.20. The first-order chi connectivity index (χ1) is 16.0. The minimum Gasteiger partial charge on any atom is -0.489 e. The molecule has 4 aromatic rings. The number of hydrogen-bond acceptors (Lipinski definition) is 7. The topological polar surface area (TPSA) is 92.2 Å². The maximum atomic E-state index is 12.1. The Hall–Kier alpha value is -3.85. The lowest BCUT2D eigenvalue weighted by molar-refractivity contribution is -0.132. The lowest BCUT2D eigenvalue weighted by Gasteiger charge is -2.13. The molecule has 0 amide bonds. The molecule has 2 heterocycles. The third-order valence-electron chi connectivity index (χ3n) is 5.23. The number of imidazole rings is 1. The lowest BCUT2D eigenvalue weighted by Crippen LogP contribution is -2.19. The fourth-order valence-corrected chi connectivity index (χ4v) is 4.00. The number of esters is 1. The van der Waals surface area contributed by atoms with Gasteiger partial charge < -0.3 is 18.9 Å². The van der Waals surface area contributed by atoms with Gasteiger partial charge in [0.05, 0.1) is 12.8 Å². The Morgan fingerprint density at radius 3 is 2.67 bits per heavy atom. The highest BCUT2D eigenvalue weighted by molar-refractivity contribution is 6.43. The van der Waals surface area contributed by atoms with Gasteiger partial charge in [-0.3, -0.25) is 0 Å². The van der Waals surface area contributed by atoms with Crippen molar-refractivity contribution in [1.82, 2.24) is 19.2 Å². The molecule has 0 unspecified atom stereocenters. The van der Waals surface area contributed by atoms with Gasteiger partial charge in [0.1, 0.15) is 25.8 Å². The molecule has 0 saturated carbocycles. The molecule has 2 aromatic carbocycles. The van der Waals surface area contributed by atoms with Crippen molar-refractivity contribution in [3.63, 3.8) is 0 Å². The molecule has 0 bridgehead atoms. The molecule has 33 heavy (non-hydrogen) atoms. The average molecular weight is 468 g/mol. The first-order valence-electron chi connectivity index (χ1n) is 10.0. The van der Waals surface area contributed by atoms with E-state index in [9.17, 15) is 4.79 Å². The Morgan fingerprint density at radius 2 is 1.97 bits per heavy atom. The molecule has 0 spiro atoms. The van der Waals surface area contributed by atoms with E-state index >= 15 is 0 Å². The number of benzene rings is 2. The molecular formula is C23H22ClN5O4. The number of halogens is 1. The number of hydrogen-bond donors (Lipinski definition) is 0. The molecular weight excluding hydrogens is 446 g/mol. The first kappa shape index (κ1) is 22.3. The zero-order chi connectivity index (χ0) is 23.5. The van der Waals surface area contributed by atoms with Crippen LogP contribution in [-0.2, 0) is 28.0 Å². The molecule has 0 atom stereocenters. The fraction of sp³-hybridized carbons (Fsp3) is 0.217. The summed E-state index contributed by atoms with van der Waals surface area (Å²) >= 11 is 6.55. The van der Waals surface area contributed by atoms with E-state index in [2.05, 4.69) is 15.2 Å². The second-order valence-electron chi connectivity index (χ2n) is 7.21. The molecule has 0 radical (unpaired) electrons. The van der Waals surface area contributed by atoms with E-state index in [4.69, 9.17) is 25.9 Å². The van der Waals surface area contributed by atoms with Gasteiger partial charge in [-0.15, -0.1) is 0 Å². The second kappa shape index (κ2) is 9.33. The van der Waals surface area contributed by atoms with E-state index in [1.165, 1.54) is 20.5 Å². The van der Waals surface area contributed by atoms with Gasteiger partial charge in [0.2, 0.25) is 5.78 Å². The summed E-state index contributed by atoms with van der Waals surface area (Å²) in [6.07, 6.45) is 1.47. The van der Waals surface area contributed by atoms with Gasteiger partial charge in [-0.25, -0.2) is 4.79 Å². The van der Waals surface area contributed by atoms with E-state index in [0.29, 0.717) is 22.2 Å². The molecule has 4 rings (SSSR count). The number of methoxy groups -OCH3 is 1. The summed E-state index contributed by atoms with van der Waals surface area (Å²) in [4.78, 5) is 21.2. The molecule has 0 aliphatic carbocycles. The number of rotatable bonds is 7. The van der Waals surface area contributed by atoms with Crippen LogP contribution in [0.15, 0.2) is 53.9 Å². The van der Waals surface area contributed by atoms with Crippen molar-refractivity contribution in [1.29, 1.82) is 0 Å². The van der Waals surface area contributed by atoms with Gasteiger partial charge in [-0.2, -0.15) is 14.6 Å². The average Bonchev–Trinajstić information content (AvgIpc) is 3.40. The van der Waals surface area contributed by atoms with Crippen LogP contribution in [0.2, 0.25) is 5.15 Å². The van der Waals surface area contributed by atoms with Gasteiger partial charge in [0.25, 0.3) is 0 Å². The minimum atomic E-state index is -0.593.